The Kier molecular flexibility index (Phi) is 4.19. The quantitative estimate of drug-likeness (QED) is 0.889. The van der Waals surface area contributed by atoms with E-state index in [0.717, 1.165) is 19.0 Å². The van der Waals surface area contributed by atoms with Crippen molar-refractivity contribution in [2.24, 2.45) is 5.92 Å². The van der Waals surface area contributed by atoms with Crippen molar-refractivity contribution >= 4 is 5.69 Å². The van der Waals surface area contributed by atoms with Crippen LogP contribution in [0.3, 0.4) is 0 Å². The van der Waals surface area contributed by atoms with Gasteiger partial charge in [0.05, 0.1) is 0 Å². The molecule has 1 atom stereocenters. The lowest BCUT2D eigenvalue weighted by molar-refractivity contribution is 0.461. The Labute approximate surface area is 118 Å². The van der Waals surface area contributed by atoms with Gasteiger partial charge < -0.3 is 10.2 Å². The number of nitrogens with one attached hydrogen (secondary N) is 1. The minimum absolute atomic E-state index is 0.256. The summed E-state index contributed by atoms with van der Waals surface area (Å²) in [7, 11) is 2.05. The van der Waals surface area contributed by atoms with Crippen LogP contribution >= 0.6 is 0 Å². The van der Waals surface area contributed by atoms with E-state index < -0.39 is 0 Å². The Morgan fingerprint density at radius 2 is 2.00 bits per heavy atom. The van der Waals surface area contributed by atoms with Crippen LogP contribution in [0.25, 0.3) is 0 Å². The lowest BCUT2D eigenvalue weighted by atomic mass is 9.94. The summed E-state index contributed by atoms with van der Waals surface area (Å²) < 4.78 is 0. The zero-order valence-electron chi connectivity index (χ0n) is 13.0. The Hall–Kier alpha value is -1.02. The van der Waals surface area contributed by atoms with Gasteiger partial charge in [-0.15, -0.1) is 0 Å². The Morgan fingerprint density at radius 3 is 2.63 bits per heavy atom. The molecule has 0 spiro atoms. The van der Waals surface area contributed by atoms with Gasteiger partial charge >= 0.3 is 0 Å². The molecule has 1 aliphatic heterocycles. The van der Waals surface area contributed by atoms with E-state index in [0.29, 0.717) is 5.92 Å². The molecule has 2 rings (SSSR count). The van der Waals surface area contributed by atoms with Gasteiger partial charge in [0.1, 0.15) is 0 Å². The summed E-state index contributed by atoms with van der Waals surface area (Å²) in [5.74, 6) is 1.33. The fourth-order valence-electron chi connectivity index (χ4n) is 3.46. The first-order valence-corrected chi connectivity index (χ1v) is 7.47. The zero-order chi connectivity index (χ0) is 14.0. The first-order chi connectivity index (χ1) is 8.95. The SMILES string of the molecule is CNCC1CN(c2ccccc2C(C)C)C(C)(C)C1. The van der Waals surface area contributed by atoms with Crippen LogP contribution in [0.4, 0.5) is 5.69 Å². The topological polar surface area (TPSA) is 15.3 Å². The fourth-order valence-corrected chi connectivity index (χ4v) is 3.46. The molecule has 1 unspecified atom stereocenters. The molecule has 2 nitrogen and oxygen atoms in total. The molecule has 0 aromatic heterocycles. The summed E-state index contributed by atoms with van der Waals surface area (Å²) in [6.07, 6.45) is 1.26. The third-order valence-corrected chi connectivity index (χ3v) is 4.30. The number of nitrogens with zero attached hydrogens (tertiary/aromatic N) is 1. The molecule has 106 valence electrons. The molecule has 0 amide bonds. The van der Waals surface area contributed by atoms with Crippen molar-refractivity contribution in [2.75, 3.05) is 25.0 Å². The predicted molar refractivity (Wildman–Crippen MR) is 84.0 cm³/mol. The molecule has 0 bridgehead atoms. The van der Waals surface area contributed by atoms with Crippen LogP contribution in [0.5, 0.6) is 0 Å². The highest BCUT2D eigenvalue weighted by molar-refractivity contribution is 5.57. The molecule has 1 saturated heterocycles. The average Bonchev–Trinajstić information content (AvgIpc) is 2.64. The fraction of sp³-hybridized carbons (Fsp3) is 0.647. The smallest absolute Gasteiger partial charge is 0.0405 e. The first kappa shape index (κ1) is 14.4. The Morgan fingerprint density at radius 1 is 1.32 bits per heavy atom. The number of hydrogen-bond donors (Lipinski definition) is 1. The van der Waals surface area contributed by atoms with Gasteiger partial charge in [0.15, 0.2) is 0 Å². The highest BCUT2D eigenvalue weighted by Gasteiger charge is 2.38. The maximum absolute atomic E-state index is 3.33. The summed E-state index contributed by atoms with van der Waals surface area (Å²) in [6, 6.07) is 8.90. The second-order valence-corrected chi connectivity index (χ2v) is 6.76. The highest BCUT2D eigenvalue weighted by Crippen LogP contribution is 2.39. The first-order valence-electron chi connectivity index (χ1n) is 7.47. The molecule has 1 N–H and O–H groups in total. The van der Waals surface area contributed by atoms with Gasteiger partial charge in [-0.2, -0.15) is 0 Å². The molecule has 1 heterocycles. The summed E-state index contributed by atoms with van der Waals surface area (Å²) in [5, 5.41) is 3.33. The van der Waals surface area contributed by atoms with Gasteiger partial charge in [-0.3, -0.25) is 0 Å². The van der Waals surface area contributed by atoms with Gasteiger partial charge in [0, 0.05) is 17.8 Å². The highest BCUT2D eigenvalue weighted by atomic mass is 15.2. The summed E-state index contributed by atoms with van der Waals surface area (Å²) in [6.45, 7) is 11.6. The second kappa shape index (κ2) is 5.54. The number of para-hydroxylation sites is 1. The third-order valence-electron chi connectivity index (χ3n) is 4.30. The van der Waals surface area contributed by atoms with Crippen LogP contribution in [0, 0.1) is 5.92 Å². The van der Waals surface area contributed by atoms with Gasteiger partial charge in [0.25, 0.3) is 0 Å². The monoisotopic (exact) mass is 260 g/mol. The summed E-state index contributed by atoms with van der Waals surface area (Å²) >= 11 is 0. The van der Waals surface area contributed by atoms with Gasteiger partial charge in [0.2, 0.25) is 0 Å². The van der Waals surface area contributed by atoms with Gasteiger partial charge in [-0.1, -0.05) is 32.0 Å². The molecule has 2 heteroatoms. The van der Waals surface area contributed by atoms with Crippen LogP contribution in [-0.4, -0.2) is 25.7 Å². The molecule has 1 aromatic rings. The molecule has 1 fully saturated rings. The maximum Gasteiger partial charge on any atom is 0.0405 e. The maximum atomic E-state index is 3.33. The van der Waals surface area contributed by atoms with Crippen molar-refractivity contribution in [1.29, 1.82) is 0 Å². The number of rotatable bonds is 4. The lowest BCUT2D eigenvalue weighted by Crippen LogP contribution is -2.38. The molecule has 0 saturated carbocycles. The minimum atomic E-state index is 0.256. The van der Waals surface area contributed by atoms with E-state index in [2.05, 4.69) is 69.2 Å². The van der Waals surface area contributed by atoms with E-state index in [-0.39, 0.29) is 5.54 Å². The largest absolute Gasteiger partial charge is 0.366 e. The lowest BCUT2D eigenvalue weighted by Gasteiger charge is -2.35. The third kappa shape index (κ3) is 2.94. The Balaban J connectivity index is 2.31. The van der Waals surface area contributed by atoms with Gasteiger partial charge in [-0.05, 0) is 57.3 Å². The van der Waals surface area contributed by atoms with Crippen molar-refractivity contribution in [3.05, 3.63) is 29.8 Å². The van der Waals surface area contributed by atoms with Crippen LogP contribution in [0.15, 0.2) is 24.3 Å². The van der Waals surface area contributed by atoms with E-state index in [1.807, 2.05) is 0 Å². The Bertz CT molecular complexity index is 423. The zero-order valence-corrected chi connectivity index (χ0v) is 13.0. The molecular weight excluding hydrogens is 232 g/mol. The molecule has 0 aliphatic carbocycles. The minimum Gasteiger partial charge on any atom is -0.366 e. The molecule has 19 heavy (non-hydrogen) atoms. The van der Waals surface area contributed by atoms with Crippen LogP contribution < -0.4 is 10.2 Å². The van der Waals surface area contributed by atoms with Crippen molar-refractivity contribution < 1.29 is 0 Å². The van der Waals surface area contributed by atoms with E-state index in [1.54, 1.807) is 0 Å². The van der Waals surface area contributed by atoms with Crippen molar-refractivity contribution in [2.45, 2.75) is 45.6 Å². The number of benzene rings is 1. The summed E-state index contributed by atoms with van der Waals surface area (Å²) in [5.41, 5.74) is 3.16. The van der Waals surface area contributed by atoms with Gasteiger partial charge in [-0.25, -0.2) is 0 Å². The van der Waals surface area contributed by atoms with E-state index in [9.17, 15) is 0 Å². The predicted octanol–water partition coefficient (Wildman–Crippen LogP) is 3.63. The molecule has 0 radical (unpaired) electrons. The average molecular weight is 260 g/mol. The van der Waals surface area contributed by atoms with Crippen LogP contribution in [0.1, 0.15) is 45.6 Å². The second-order valence-electron chi connectivity index (χ2n) is 6.76. The van der Waals surface area contributed by atoms with E-state index in [1.165, 1.54) is 17.7 Å². The van der Waals surface area contributed by atoms with Crippen molar-refractivity contribution in [3.8, 4) is 0 Å². The van der Waals surface area contributed by atoms with E-state index >= 15 is 0 Å². The normalized spacial score (nSPS) is 22.2. The standard InChI is InChI=1S/C17H28N2/c1-13(2)15-8-6-7-9-16(15)19-12-14(11-18-5)10-17(19,3)4/h6-9,13-14,18H,10-12H2,1-5H3. The molecular formula is C17H28N2. The number of anilines is 1. The van der Waals surface area contributed by atoms with E-state index in [4.69, 9.17) is 0 Å². The van der Waals surface area contributed by atoms with Crippen molar-refractivity contribution in [1.82, 2.24) is 5.32 Å². The van der Waals surface area contributed by atoms with Crippen molar-refractivity contribution in [3.63, 3.8) is 0 Å². The van der Waals surface area contributed by atoms with Crippen LogP contribution in [0.2, 0.25) is 0 Å². The summed E-state index contributed by atoms with van der Waals surface area (Å²) in [4.78, 5) is 2.62. The van der Waals surface area contributed by atoms with Crippen LogP contribution in [-0.2, 0) is 0 Å². The number of hydrogen-bond acceptors (Lipinski definition) is 2. The molecule has 1 aromatic carbocycles. The molecule has 1 aliphatic rings.